The van der Waals surface area contributed by atoms with Crippen molar-refractivity contribution in [1.29, 1.82) is 0 Å². The van der Waals surface area contributed by atoms with Crippen molar-refractivity contribution in [1.82, 2.24) is 0 Å². The van der Waals surface area contributed by atoms with Crippen molar-refractivity contribution in [2.75, 3.05) is 0 Å². The Bertz CT molecular complexity index is 132. The van der Waals surface area contributed by atoms with Gasteiger partial charge in [0.15, 0.2) is 0 Å². The van der Waals surface area contributed by atoms with Crippen LogP contribution in [0.3, 0.4) is 0 Å². The van der Waals surface area contributed by atoms with Crippen molar-refractivity contribution in [3.05, 3.63) is 0 Å². The van der Waals surface area contributed by atoms with E-state index in [9.17, 15) is 13.2 Å². The summed E-state index contributed by atoms with van der Waals surface area (Å²) in [5, 5.41) is 0. The van der Waals surface area contributed by atoms with Crippen molar-refractivity contribution >= 4 is 0 Å². The minimum atomic E-state index is -5.24. The Balaban J connectivity index is 4.75. The second kappa shape index (κ2) is 1.69. The number of rotatable bonds is 0. The first-order chi connectivity index (χ1) is 4.50. The topological polar surface area (TPSA) is 26.0 Å². The molecule has 0 fully saturated rings. The van der Waals surface area contributed by atoms with E-state index in [0.717, 1.165) is 0 Å². The molecule has 0 aliphatic rings. The lowest BCUT2D eigenvalue weighted by Gasteiger charge is -2.07. The van der Waals surface area contributed by atoms with Crippen molar-refractivity contribution in [3.63, 3.8) is 0 Å². The Labute approximate surface area is 44.9 Å². The Morgan fingerprint density at radius 1 is 1.86 bits per heavy atom. The molecule has 0 aliphatic heterocycles. The smallest absolute Gasteiger partial charge is 0.320 e. The van der Waals surface area contributed by atoms with Gasteiger partial charge in [-0.15, -0.1) is 0 Å². The molecule has 0 spiro atoms. The summed E-state index contributed by atoms with van der Waals surface area (Å²) in [6.07, 6.45) is -5.24. The summed E-state index contributed by atoms with van der Waals surface area (Å²) in [5.41, 5.74) is 4.25. The fourth-order valence-electron chi connectivity index (χ4n) is 0. The van der Waals surface area contributed by atoms with Crippen LogP contribution in [-0.4, -0.2) is 12.2 Å². The Hall–Kier alpha value is -0.250. The lowest BCUT2D eigenvalue weighted by molar-refractivity contribution is -0.143. The lowest BCUT2D eigenvalue weighted by atomic mass is 10.4. The molecule has 0 saturated carbocycles. The fourth-order valence-corrected chi connectivity index (χ4v) is 0. The largest absolute Gasteiger partial charge is 0.403 e. The predicted octanol–water partition coefficient (Wildman–Crippen LogP) is 0.896. The molecule has 0 amide bonds. The van der Waals surface area contributed by atoms with E-state index in [-0.39, 0.29) is 0 Å². The molecular weight excluding hydrogens is 107 g/mol. The summed E-state index contributed by atoms with van der Waals surface area (Å²) in [6, 6.07) is -3.88. The van der Waals surface area contributed by atoms with Crippen LogP contribution in [0, 0.1) is 0 Å². The van der Waals surface area contributed by atoms with Gasteiger partial charge in [-0.25, -0.2) is 0 Å². The van der Waals surface area contributed by atoms with Crippen molar-refractivity contribution in [2.24, 2.45) is 5.73 Å². The van der Waals surface area contributed by atoms with E-state index in [1.807, 2.05) is 0 Å². The molecule has 0 aromatic heterocycles. The number of alkyl halides is 3. The van der Waals surface area contributed by atoms with Crippen LogP contribution < -0.4 is 5.73 Å². The maximum Gasteiger partial charge on any atom is 0.403 e. The van der Waals surface area contributed by atoms with Crippen LogP contribution >= 0.6 is 0 Å². The van der Waals surface area contributed by atoms with Gasteiger partial charge in [0.2, 0.25) is 0 Å². The van der Waals surface area contributed by atoms with Crippen LogP contribution in [0.15, 0.2) is 0 Å². The summed E-state index contributed by atoms with van der Waals surface area (Å²) >= 11 is 0. The van der Waals surface area contributed by atoms with E-state index >= 15 is 0 Å². The van der Waals surface area contributed by atoms with E-state index < -0.39 is 19.0 Å². The highest BCUT2D eigenvalue weighted by atomic mass is 19.4. The number of nitrogens with two attached hydrogens (primary N) is 1. The number of halogens is 3. The molecule has 0 radical (unpaired) electrons. The lowest BCUT2D eigenvalue weighted by Crippen LogP contribution is -2.33. The van der Waals surface area contributed by atoms with Crippen molar-refractivity contribution in [2.45, 2.75) is 19.0 Å². The Kier molecular flexibility index (Phi) is 0.568. The molecule has 44 valence electrons. The van der Waals surface area contributed by atoms with Gasteiger partial charge in [-0.2, -0.15) is 13.2 Å². The highest BCUT2D eigenvalue weighted by Gasteiger charge is 2.32. The average molecular weight is 117 g/mol. The standard InChI is InChI=1S/C3H6F3N/c1-2(7)3(4,5)6/h2H,7H2,1H3/t2-/m1/s1/i1D3,2D. The Morgan fingerprint density at radius 2 is 2.29 bits per heavy atom. The zero-order chi connectivity index (χ0) is 9.50. The van der Waals surface area contributed by atoms with Gasteiger partial charge in [0.05, 0.1) is 7.39 Å². The van der Waals surface area contributed by atoms with Gasteiger partial charge < -0.3 is 5.73 Å². The van der Waals surface area contributed by atoms with Gasteiger partial charge in [-0.3, -0.25) is 0 Å². The van der Waals surface area contributed by atoms with Gasteiger partial charge in [-0.1, -0.05) is 0 Å². The molecule has 1 nitrogen and oxygen atoms in total. The third-order valence-electron chi connectivity index (χ3n) is 0.305. The van der Waals surface area contributed by atoms with Crippen LogP contribution in [0.1, 0.15) is 12.3 Å². The molecule has 1 atom stereocenters. The second-order valence-electron chi connectivity index (χ2n) is 0.911. The third kappa shape index (κ3) is 2.45. The van der Waals surface area contributed by atoms with E-state index in [2.05, 4.69) is 5.73 Å². The van der Waals surface area contributed by atoms with E-state index in [4.69, 9.17) is 5.48 Å². The van der Waals surface area contributed by atoms with E-state index in [1.165, 1.54) is 0 Å². The number of hydrogen-bond acceptors (Lipinski definition) is 1. The molecule has 0 bridgehead atoms. The van der Waals surface area contributed by atoms with Crippen molar-refractivity contribution < 1.29 is 18.7 Å². The van der Waals surface area contributed by atoms with Gasteiger partial charge >= 0.3 is 6.18 Å². The maximum absolute atomic E-state index is 11.7. The van der Waals surface area contributed by atoms with Gasteiger partial charge in [-0.05, 0) is 6.85 Å². The summed E-state index contributed by atoms with van der Waals surface area (Å²) in [7, 11) is 0. The molecule has 2 N–H and O–H groups in total. The molecular formula is C3H6F3N. The molecule has 0 aromatic rings. The molecule has 0 aromatic carbocycles. The molecule has 7 heavy (non-hydrogen) atoms. The van der Waals surface area contributed by atoms with Gasteiger partial charge in [0, 0.05) is 4.11 Å². The first-order valence-corrected chi connectivity index (χ1v) is 1.36. The summed E-state index contributed by atoms with van der Waals surface area (Å²) < 4.78 is 60.2. The van der Waals surface area contributed by atoms with Crippen LogP contribution in [0.4, 0.5) is 13.2 Å². The van der Waals surface area contributed by atoms with Crippen molar-refractivity contribution in [3.8, 4) is 0 Å². The maximum atomic E-state index is 11.7. The molecule has 0 saturated heterocycles. The summed E-state index contributed by atoms with van der Waals surface area (Å²) in [4.78, 5) is 0. The molecule has 0 aliphatic carbocycles. The van der Waals surface area contributed by atoms with Crippen LogP contribution in [0.2, 0.25) is 0 Å². The SMILES string of the molecule is [2H]C([2H])([2H])[C@@]([2H])(N)C(F)(F)F. The van der Waals surface area contributed by atoms with Crippen LogP contribution in [0.5, 0.6) is 0 Å². The van der Waals surface area contributed by atoms with Gasteiger partial charge in [0.1, 0.15) is 0 Å². The third-order valence-corrected chi connectivity index (χ3v) is 0.305. The zero-order valence-corrected chi connectivity index (χ0v) is 3.21. The fraction of sp³-hybridized carbons (Fsp3) is 1.00. The minimum Gasteiger partial charge on any atom is -0.320 e. The summed E-state index contributed by atoms with van der Waals surface area (Å²) in [6.45, 7) is -3.55. The molecule has 0 rings (SSSR count). The Morgan fingerprint density at radius 3 is 2.29 bits per heavy atom. The number of hydrogen-bond donors (Lipinski definition) is 1. The second-order valence-corrected chi connectivity index (χ2v) is 0.911. The monoisotopic (exact) mass is 117 g/mol. The van der Waals surface area contributed by atoms with Crippen LogP contribution in [-0.2, 0) is 0 Å². The predicted molar refractivity (Wildman–Crippen MR) is 19.7 cm³/mol. The first-order valence-electron chi connectivity index (χ1n) is 3.36. The summed E-state index contributed by atoms with van der Waals surface area (Å²) in [5.74, 6) is 0. The zero-order valence-electron chi connectivity index (χ0n) is 7.21. The van der Waals surface area contributed by atoms with E-state index in [1.54, 1.807) is 0 Å². The molecule has 4 heteroatoms. The minimum absolute atomic E-state index is 3.55. The average Bonchev–Trinajstić information content (AvgIpc) is 1.58. The highest BCUT2D eigenvalue weighted by molar-refractivity contribution is 4.61. The molecule has 0 unspecified atom stereocenters. The first kappa shape index (κ1) is 2.35. The van der Waals surface area contributed by atoms with Gasteiger partial charge in [0.25, 0.3) is 0 Å². The quantitative estimate of drug-likeness (QED) is 0.501. The highest BCUT2D eigenvalue weighted by Crippen LogP contribution is 2.16. The normalized spacial score (nSPS) is 31.4. The molecule has 0 heterocycles. The van der Waals surface area contributed by atoms with E-state index in [0.29, 0.717) is 0 Å². The van der Waals surface area contributed by atoms with Crippen LogP contribution in [0.25, 0.3) is 0 Å².